The van der Waals surface area contributed by atoms with E-state index in [2.05, 4.69) is 16.9 Å². The highest BCUT2D eigenvalue weighted by Gasteiger charge is 2.26. The molecule has 0 bridgehead atoms. The lowest BCUT2D eigenvalue weighted by Gasteiger charge is -2.29. The topological polar surface area (TPSA) is 38.3 Å². The van der Waals surface area contributed by atoms with Crippen LogP contribution in [0.4, 0.5) is 0 Å². The second-order valence-electron chi connectivity index (χ2n) is 5.27. The van der Waals surface area contributed by atoms with Crippen molar-refractivity contribution < 1.29 is 8.95 Å². The number of ether oxygens (including phenoxy) is 1. The van der Waals surface area contributed by atoms with Gasteiger partial charge in [-0.25, -0.2) is 8.93 Å². The van der Waals surface area contributed by atoms with E-state index in [1.54, 1.807) is 0 Å². The lowest BCUT2D eigenvalue weighted by molar-refractivity contribution is 0.0885. The molecular formula is C13H19NO2S. The van der Waals surface area contributed by atoms with Crippen molar-refractivity contribution in [3.8, 4) is 0 Å². The van der Waals surface area contributed by atoms with Crippen LogP contribution in [0.15, 0.2) is 24.3 Å². The van der Waals surface area contributed by atoms with Crippen molar-refractivity contribution in [2.45, 2.75) is 38.2 Å². The molecule has 2 rings (SSSR count). The third kappa shape index (κ3) is 2.94. The van der Waals surface area contributed by atoms with Gasteiger partial charge in [0.1, 0.15) is 0 Å². The van der Waals surface area contributed by atoms with Crippen LogP contribution in [0.5, 0.6) is 0 Å². The van der Waals surface area contributed by atoms with Crippen molar-refractivity contribution in [3.63, 3.8) is 0 Å². The number of benzene rings is 1. The molecule has 0 radical (unpaired) electrons. The van der Waals surface area contributed by atoms with E-state index >= 15 is 0 Å². The third-order valence-corrected chi connectivity index (χ3v) is 4.39. The van der Waals surface area contributed by atoms with Crippen LogP contribution < -0.4 is 4.72 Å². The molecule has 0 amide bonds. The van der Waals surface area contributed by atoms with Gasteiger partial charge in [0.25, 0.3) is 0 Å². The Morgan fingerprint density at radius 2 is 2.06 bits per heavy atom. The van der Waals surface area contributed by atoms with Crippen LogP contribution in [-0.4, -0.2) is 15.6 Å². The zero-order valence-electron chi connectivity index (χ0n) is 10.5. The molecule has 0 saturated carbocycles. The van der Waals surface area contributed by atoms with Gasteiger partial charge in [-0.05, 0) is 31.9 Å². The van der Waals surface area contributed by atoms with E-state index in [1.165, 1.54) is 11.1 Å². The summed E-state index contributed by atoms with van der Waals surface area (Å²) in [5.41, 5.74) is 2.39. The highest BCUT2D eigenvalue weighted by Crippen LogP contribution is 2.25. The van der Waals surface area contributed by atoms with Crippen LogP contribution in [0.2, 0.25) is 0 Å². The van der Waals surface area contributed by atoms with Crippen LogP contribution in [0.1, 0.15) is 37.9 Å². The predicted octanol–water partition coefficient (Wildman–Crippen LogP) is 2.31. The number of nitrogens with one attached hydrogen (secondary N) is 1. The van der Waals surface area contributed by atoms with Gasteiger partial charge in [-0.15, -0.1) is 0 Å². The molecule has 0 spiro atoms. The van der Waals surface area contributed by atoms with Crippen LogP contribution in [0, 0.1) is 0 Å². The molecule has 1 N–H and O–H groups in total. The molecule has 0 fully saturated rings. The minimum absolute atomic E-state index is 0.0278. The number of rotatable bonds is 2. The largest absolute Gasteiger partial charge is 0.375 e. The van der Waals surface area contributed by atoms with Gasteiger partial charge in [-0.2, -0.15) is 0 Å². The molecular weight excluding hydrogens is 234 g/mol. The van der Waals surface area contributed by atoms with Crippen molar-refractivity contribution in [1.29, 1.82) is 0 Å². The van der Waals surface area contributed by atoms with Gasteiger partial charge >= 0.3 is 0 Å². The molecule has 0 aliphatic carbocycles. The smallest absolute Gasteiger partial charge is 0.0976 e. The van der Waals surface area contributed by atoms with Crippen molar-refractivity contribution in [2.24, 2.45) is 0 Å². The summed E-state index contributed by atoms with van der Waals surface area (Å²) in [6.07, 6.45) is 0. The summed E-state index contributed by atoms with van der Waals surface area (Å²) in [7, 11) is -1.07. The number of hydrogen-bond donors (Lipinski definition) is 1. The molecule has 2 atom stereocenters. The second-order valence-corrected chi connectivity index (χ2v) is 7.26. The van der Waals surface area contributed by atoms with E-state index in [9.17, 15) is 4.21 Å². The average molecular weight is 253 g/mol. The molecule has 1 aromatic rings. The van der Waals surface area contributed by atoms with E-state index < -0.39 is 11.0 Å². The van der Waals surface area contributed by atoms with Crippen molar-refractivity contribution in [3.05, 3.63) is 35.4 Å². The van der Waals surface area contributed by atoms with Gasteiger partial charge in [-0.3, -0.25) is 0 Å². The third-order valence-electron chi connectivity index (χ3n) is 2.78. The number of hydrogen-bond acceptors (Lipinski definition) is 2. The first-order valence-corrected chi connectivity index (χ1v) is 6.97. The van der Waals surface area contributed by atoms with E-state index in [0.29, 0.717) is 13.2 Å². The summed E-state index contributed by atoms with van der Waals surface area (Å²) < 4.78 is 20.5. The van der Waals surface area contributed by atoms with Gasteiger partial charge in [0, 0.05) is 0 Å². The summed E-state index contributed by atoms with van der Waals surface area (Å²) in [5.74, 6) is 0. The SMILES string of the molecule is CC(C)(C)[S@@](=O)N[C@@H]1COCc2ccccc21. The number of fused-ring (bicyclic) bond motifs is 1. The highest BCUT2D eigenvalue weighted by molar-refractivity contribution is 7.84. The molecule has 3 nitrogen and oxygen atoms in total. The summed E-state index contributed by atoms with van der Waals surface area (Å²) in [6.45, 7) is 7.12. The van der Waals surface area contributed by atoms with Crippen molar-refractivity contribution in [2.75, 3.05) is 6.61 Å². The Kier molecular flexibility index (Phi) is 3.66. The van der Waals surface area contributed by atoms with Gasteiger partial charge in [0.05, 0.1) is 35.0 Å². The molecule has 0 saturated heterocycles. The Hall–Kier alpha value is -0.710. The first kappa shape index (κ1) is 12.7. The zero-order chi connectivity index (χ0) is 12.5. The lowest BCUT2D eigenvalue weighted by Crippen LogP contribution is -2.38. The maximum atomic E-state index is 12.1. The summed E-state index contributed by atoms with van der Waals surface area (Å²) in [4.78, 5) is 0. The monoisotopic (exact) mass is 253 g/mol. The van der Waals surface area contributed by atoms with E-state index in [1.807, 2.05) is 32.9 Å². The first-order chi connectivity index (χ1) is 7.98. The maximum Gasteiger partial charge on any atom is 0.0976 e. The Morgan fingerprint density at radius 3 is 2.76 bits per heavy atom. The minimum atomic E-state index is -1.07. The molecule has 0 unspecified atom stereocenters. The van der Waals surface area contributed by atoms with Gasteiger partial charge < -0.3 is 4.74 Å². The van der Waals surface area contributed by atoms with Crippen LogP contribution in [0.3, 0.4) is 0 Å². The van der Waals surface area contributed by atoms with Gasteiger partial charge in [0.2, 0.25) is 0 Å². The van der Waals surface area contributed by atoms with Crippen molar-refractivity contribution >= 4 is 11.0 Å². The lowest BCUT2D eigenvalue weighted by atomic mass is 10.0. The molecule has 0 aromatic heterocycles. The van der Waals surface area contributed by atoms with E-state index in [-0.39, 0.29) is 10.8 Å². The Morgan fingerprint density at radius 1 is 1.35 bits per heavy atom. The van der Waals surface area contributed by atoms with Gasteiger partial charge in [0.15, 0.2) is 0 Å². The Labute approximate surface area is 105 Å². The maximum absolute atomic E-state index is 12.1. The van der Waals surface area contributed by atoms with E-state index in [4.69, 9.17) is 4.74 Å². The summed E-state index contributed by atoms with van der Waals surface area (Å²) in [6, 6.07) is 8.18. The molecule has 17 heavy (non-hydrogen) atoms. The second kappa shape index (κ2) is 4.88. The van der Waals surface area contributed by atoms with Crippen molar-refractivity contribution in [1.82, 2.24) is 4.72 Å². The minimum Gasteiger partial charge on any atom is -0.375 e. The standard InChI is InChI=1S/C13H19NO2S/c1-13(2,3)17(15)14-12-9-16-8-10-6-4-5-7-11(10)12/h4-7,12,14H,8-9H2,1-3H3/t12-,17-/m1/s1. The van der Waals surface area contributed by atoms with Gasteiger partial charge in [-0.1, -0.05) is 24.3 Å². The summed E-state index contributed by atoms with van der Waals surface area (Å²) >= 11 is 0. The quantitative estimate of drug-likeness (QED) is 0.878. The predicted molar refractivity (Wildman–Crippen MR) is 69.9 cm³/mol. The molecule has 1 aliphatic heterocycles. The fraction of sp³-hybridized carbons (Fsp3) is 0.538. The van der Waals surface area contributed by atoms with Crippen LogP contribution in [-0.2, 0) is 22.3 Å². The molecule has 1 heterocycles. The summed E-state index contributed by atoms with van der Waals surface area (Å²) in [5, 5.41) is 0. The Balaban J connectivity index is 2.17. The zero-order valence-corrected chi connectivity index (χ0v) is 11.3. The molecule has 1 aromatic carbocycles. The average Bonchev–Trinajstić information content (AvgIpc) is 2.28. The fourth-order valence-electron chi connectivity index (χ4n) is 1.79. The highest BCUT2D eigenvalue weighted by atomic mass is 32.2. The first-order valence-electron chi connectivity index (χ1n) is 5.82. The molecule has 1 aliphatic rings. The molecule has 94 valence electrons. The van der Waals surface area contributed by atoms with E-state index in [0.717, 1.165) is 0 Å². The fourth-order valence-corrected chi connectivity index (χ4v) is 2.59. The van der Waals surface area contributed by atoms with Crippen LogP contribution >= 0.6 is 0 Å². The molecule has 4 heteroatoms. The van der Waals surface area contributed by atoms with Crippen LogP contribution in [0.25, 0.3) is 0 Å². The Bertz CT molecular complexity index is 426. The normalized spacial score (nSPS) is 21.9.